The van der Waals surface area contributed by atoms with Crippen LogP contribution in [0, 0.1) is 0 Å². The zero-order valence-corrected chi connectivity index (χ0v) is 15.0. The Balaban J connectivity index is 1.91. The smallest absolute Gasteiger partial charge is 0.153 e. The molecule has 4 nitrogen and oxygen atoms in total. The predicted molar refractivity (Wildman–Crippen MR) is 109 cm³/mol. The van der Waals surface area contributed by atoms with E-state index in [1.54, 1.807) is 13.3 Å². The Morgan fingerprint density at radius 3 is 2.07 bits per heavy atom. The number of benzene rings is 3. The molecule has 0 radical (unpaired) electrons. The van der Waals surface area contributed by atoms with Crippen molar-refractivity contribution in [2.24, 2.45) is 0 Å². The fraction of sp³-hybridized carbons (Fsp3) is 0.0435. The Kier molecular flexibility index (Phi) is 4.79. The molecule has 1 aromatic heterocycles. The van der Waals surface area contributed by atoms with Gasteiger partial charge in [0.15, 0.2) is 11.6 Å². The number of rotatable bonds is 5. The van der Waals surface area contributed by atoms with Gasteiger partial charge in [0.1, 0.15) is 0 Å². The monoisotopic (exact) mass is 353 g/mol. The molecular formula is C23H19N3O. The highest BCUT2D eigenvalue weighted by Crippen LogP contribution is 2.44. The van der Waals surface area contributed by atoms with Crippen molar-refractivity contribution in [2.75, 3.05) is 12.4 Å². The van der Waals surface area contributed by atoms with E-state index < -0.39 is 0 Å². The lowest BCUT2D eigenvalue weighted by Crippen LogP contribution is -2.00. The van der Waals surface area contributed by atoms with Crippen LogP contribution in [0.3, 0.4) is 0 Å². The Morgan fingerprint density at radius 2 is 1.44 bits per heavy atom. The summed E-state index contributed by atoms with van der Waals surface area (Å²) in [5.74, 6) is 1.44. The largest absolute Gasteiger partial charge is 0.494 e. The first-order valence-corrected chi connectivity index (χ1v) is 8.73. The van der Waals surface area contributed by atoms with E-state index >= 15 is 0 Å². The maximum atomic E-state index is 5.85. The van der Waals surface area contributed by atoms with E-state index in [1.165, 1.54) is 0 Å². The molecule has 0 aliphatic carbocycles. The minimum absolute atomic E-state index is 0.669. The molecule has 132 valence electrons. The molecule has 4 rings (SSSR count). The zero-order chi connectivity index (χ0) is 18.5. The van der Waals surface area contributed by atoms with Crippen LogP contribution in [0.25, 0.3) is 22.3 Å². The molecule has 0 unspecified atom stereocenters. The second kappa shape index (κ2) is 7.70. The van der Waals surface area contributed by atoms with Gasteiger partial charge in [0.25, 0.3) is 0 Å². The summed E-state index contributed by atoms with van der Waals surface area (Å²) in [6, 6.07) is 28.4. The lowest BCUT2D eigenvalue weighted by atomic mass is 9.93. The van der Waals surface area contributed by atoms with Crippen LogP contribution in [0.15, 0.2) is 91.1 Å². The second-order valence-corrected chi connectivity index (χ2v) is 6.03. The zero-order valence-electron chi connectivity index (χ0n) is 15.0. The molecule has 0 saturated carbocycles. The highest BCUT2D eigenvalue weighted by molar-refractivity contribution is 5.92. The number of hydrogen-bond acceptors (Lipinski definition) is 4. The number of hydrogen-bond donors (Lipinski definition) is 1. The maximum Gasteiger partial charge on any atom is 0.153 e. The van der Waals surface area contributed by atoms with Crippen molar-refractivity contribution >= 4 is 11.5 Å². The lowest BCUT2D eigenvalue weighted by molar-refractivity contribution is 0.418. The average molecular weight is 353 g/mol. The molecule has 0 bridgehead atoms. The third-order valence-corrected chi connectivity index (χ3v) is 4.34. The summed E-state index contributed by atoms with van der Waals surface area (Å²) in [5, 5.41) is 11.4. The van der Waals surface area contributed by atoms with Gasteiger partial charge in [-0.2, -0.15) is 5.10 Å². The van der Waals surface area contributed by atoms with Gasteiger partial charge in [-0.25, -0.2) is 0 Å². The van der Waals surface area contributed by atoms with E-state index in [4.69, 9.17) is 4.74 Å². The SMILES string of the molecule is COc1c(Nc2cccnn2)ccc(-c2ccccc2)c1-c1ccccc1. The molecule has 4 aromatic rings. The van der Waals surface area contributed by atoms with Crippen LogP contribution in [-0.2, 0) is 0 Å². The summed E-state index contributed by atoms with van der Waals surface area (Å²) in [6.07, 6.45) is 1.65. The molecule has 0 spiro atoms. The molecule has 27 heavy (non-hydrogen) atoms. The maximum absolute atomic E-state index is 5.85. The highest BCUT2D eigenvalue weighted by Gasteiger charge is 2.17. The van der Waals surface area contributed by atoms with Crippen LogP contribution in [0.2, 0.25) is 0 Å². The Hall–Kier alpha value is -3.66. The van der Waals surface area contributed by atoms with E-state index in [2.05, 4.69) is 45.8 Å². The Labute approximate surface area is 158 Å². The fourth-order valence-corrected chi connectivity index (χ4v) is 3.15. The second-order valence-electron chi connectivity index (χ2n) is 6.03. The highest BCUT2D eigenvalue weighted by atomic mass is 16.5. The molecule has 1 N–H and O–H groups in total. The molecule has 0 aliphatic rings. The van der Waals surface area contributed by atoms with Crippen LogP contribution in [0.5, 0.6) is 5.75 Å². The van der Waals surface area contributed by atoms with Crippen molar-refractivity contribution in [3.8, 4) is 28.0 Å². The molecule has 3 aromatic carbocycles. The Bertz CT molecular complexity index is 1020. The molecule has 1 heterocycles. The number of methoxy groups -OCH3 is 1. The van der Waals surface area contributed by atoms with Gasteiger partial charge in [-0.1, -0.05) is 66.7 Å². The number of nitrogens with one attached hydrogen (secondary N) is 1. The van der Waals surface area contributed by atoms with E-state index in [0.717, 1.165) is 33.7 Å². The van der Waals surface area contributed by atoms with Crippen molar-refractivity contribution in [1.82, 2.24) is 10.2 Å². The van der Waals surface area contributed by atoms with Crippen LogP contribution in [-0.4, -0.2) is 17.3 Å². The first-order valence-electron chi connectivity index (χ1n) is 8.73. The van der Waals surface area contributed by atoms with Gasteiger partial charge in [-0.15, -0.1) is 5.10 Å². The van der Waals surface area contributed by atoms with Crippen molar-refractivity contribution in [3.05, 3.63) is 91.1 Å². The lowest BCUT2D eigenvalue weighted by Gasteiger charge is -2.19. The summed E-state index contributed by atoms with van der Waals surface area (Å²) in [4.78, 5) is 0. The summed E-state index contributed by atoms with van der Waals surface area (Å²) >= 11 is 0. The van der Waals surface area contributed by atoms with Gasteiger partial charge < -0.3 is 10.1 Å². The van der Waals surface area contributed by atoms with Gasteiger partial charge in [-0.05, 0) is 34.9 Å². The number of nitrogens with zero attached hydrogens (tertiary/aromatic N) is 2. The summed E-state index contributed by atoms with van der Waals surface area (Å²) < 4.78 is 5.85. The van der Waals surface area contributed by atoms with Crippen molar-refractivity contribution in [1.29, 1.82) is 0 Å². The van der Waals surface area contributed by atoms with E-state index in [-0.39, 0.29) is 0 Å². The topological polar surface area (TPSA) is 47.0 Å². The quantitative estimate of drug-likeness (QED) is 0.510. The fourth-order valence-electron chi connectivity index (χ4n) is 3.15. The molecule has 4 heteroatoms. The molecular weight excluding hydrogens is 334 g/mol. The summed E-state index contributed by atoms with van der Waals surface area (Å²) in [5.41, 5.74) is 5.23. The predicted octanol–water partition coefficient (Wildman–Crippen LogP) is 5.56. The van der Waals surface area contributed by atoms with Gasteiger partial charge >= 0.3 is 0 Å². The van der Waals surface area contributed by atoms with Crippen LogP contribution < -0.4 is 10.1 Å². The third-order valence-electron chi connectivity index (χ3n) is 4.34. The van der Waals surface area contributed by atoms with E-state index in [0.29, 0.717) is 5.82 Å². The Morgan fingerprint density at radius 1 is 0.741 bits per heavy atom. The minimum atomic E-state index is 0.669. The van der Waals surface area contributed by atoms with Gasteiger partial charge in [0, 0.05) is 11.8 Å². The third kappa shape index (κ3) is 3.51. The molecule has 0 atom stereocenters. The normalized spacial score (nSPS) is 10.4. The molecule has 0 amide bonds. The molecule has 0 saturated heterocycles. The van der Waals surface area contributed by atoms with Gasteiger partial charge in [0.05, 0.1) is 12.8 Å². The van der Waals surface area contributed by atoms with Crippen LogP contribution >= 0.6 is 0 Å². The van der Waals surface area contributed by atoms with Crippen LogP contribution in [0.1, 0.15) is 0 Å². The van der Waals surface area contributed by atoms with Gasteiger partial charge in [-0.3, -0.25) is 0 Å². The number of aromatic nitrogens is 2. The van der Waals surface area contributed by atoms with E-state index in [9.17, 15) is 0 Å². The first kappa shape index (κ1) is 16.8. The molecule has 0 aliphatic heterocycles. The average Bonchev–Trinajstić information content (AvgIpc) is 2.75. The van der Waals surface area contributed by atoms with Gasteiger partial charge in [0.2, 0.25) is 0 Å². The summed E-state index contributed by atoms with van der Waals surface area (Å²) in [7, 11) is 1.69. The number of anilines is 2. The summed E-state index contributed by atoms with van der Waals surface area (Å²) in [6.45, 7) is 0. The van der Waals surface area contributed by atoms with Crippen LogP contribution in [0.4, 0.5) is 11.5 Å². The van der Waals surface area contributed by atoms with Crippen molar-refractivity contribution < 1.29 is 4.74 Å². The number of ether oxygens (including phenoxy) is 1. The first-order chi connectivity index (χ1) is 13.4. The standard InChI is InChI=1S/C23H19N3O/c1-27-23-20(25-21-13-8-16-24-26-21)15-14-19(17-9-4-2-5-10-17)22(23)18-11-6-3-7-12-18/h2-16H,1H3,(H,25,26). The minimum Gasteiger partial charge on any atom is -0.494 e. The van der Waals surface area contributed by atoms with Crippen molar-refractivity contribution in [3.63, 3.8) is 0 Å². The van der Waals surface area contributed by atoms with E-state index in [1.807, 2.05) is 54.6 Å². The van der Waals surface area contributed by atoms with Crippen molar-refractivity contribution in [2.45, 2.75) is 0 Å². The molecule has 0 fully saturated rings.